The number of carbonyl (C=O) groups is 3. The summed E-state index contributed by atoms with van der Waals surface area (Å²) in [5.74, 6) is -0.854. The van der Waals surface area contributed by atoms with E-state index in [-0.39, 0.29) is 24.8 Å². The van der Waals surface area contributed by atoms with Gasteiger partial charge in [-0.3, -0.25) is 14.4 Å². The molecule has 1 aromatic rings. The largest absolute Gasteiger partial charge is 0.455 e. The third-order valence-electron chi connectivity index (χ3n) is 4.52. The van der Waals surface area contributed by atoms with E-state index in [1.807, 2.05) is 30.3 Å². The molecule has 6 nitrogen and oxygen atoms in total. The van der Waals surface area contributed by atoms with Gasteiger partial charge < -0.3 is 15.0 Å². The molecule has 1 fully saturated rings. The molecule has 0 bridgehead atoms. The number of nitrogens with zero attached hydrogens (tertiary/aromatic N) is 1. The molecule has 0 saturated carbocycles. The maximum atomic E-state index is 12.3. The smallest absolute Gasteiger partial charge is 0.308 e. The summed E-state index contributed by atoms with van der Waals surface area (Å²) in [6.07, 6.45) is 5.49. The highest BCUT2D eigenvalue weighted by atomic mass is 16.5. The van der Waals surface area contributed by atoms with Gasteiger partial charge in [-0.2, -0.15) is 0 Å². The molecule has 0 aliphatic carbocycles. The van der Waals surface area contributed by atoms with Crippen LogP contribution in [0.25, 0.3) is 0 Å². The molecular weight excluding hydrogens is 332 g/mol. The molecule has 0 aromatic heterocycles. The zero-order chi connectivity index (χ0) is 18.8. The summed E-state index contributed by atoms with van der Waals surface area (Å²) in [4.78, 5) is 37.7. The summed E-state index contributed by atoms with van der Waals surface area (Å²) in [6, 6.07) is 8.80. The van der Waals surface area contributed by atoms with E-state index in [2.05, 4.69) is 5.32 Å². The zero-order valence-electron chi connectivity index (χ0n) is 15.4. The summed E-state index contributed by atoms with van der Waals surface area (Å²) < 4.78 is 5.18. The Kier molecular flexibility index (Phi) is 8.12. The van der Waals surface area contributed by atoms with Gasteiger partial charge >= 0.3 is 5.97 Å². The fourth-order valence-corrected chi connectivity index (χ4v) is 3.14. The number of esters is 1. The van der Waals surface area contributed by atoms with Crippen molar-refractivity contribution in [3.8, 4) is 0 Å². The minimum Gasteiger partial charge on any atom is -0.455 e. The molecule has 1 heterocycles. The van der Waals surface area contributed by atoms with Gasteiger partial charge in [0.25, 0.3) is 5.91 Å². The van der Waals surface area contributed by atoms with Crippen molar-refractivity contribution < 1.29 is 19.1 Å². The second kappa shape index (κ2) is 10.6. The van der Waals surface area contributed by atoms with Crippen LogP contribution in [0.1, 0.15) is 57.1 Å². The molecule has 1 N–H and O–H groups in total. The van der Waals surface area contributed by atoms with Crippen molar-refractivity contribution in [2.45, 2.75) is 51.5 Å². The van der Waals surface area contributed by atoms with Crippen LogP contribution < -0.4 is 5.32 Å². The molecule has 1 aromatic carbocycles. The monoisotopic (exact) mass is 360 g/mol. The fourth-order valence-electron chi connectivity index (χ4n) is 3.14. The van der Waals surface area contributed by atoms with Crippen molar-refractivity contribution in [1.82, 2.24) is 10.2 Å². The first-order valence-corrected chi connectivity index (χ1v) is 9.31. The molecule has 1 aliphatic rings. The molecule has 1 atom stereocenters. The number of likely N-dealkylation sites (tertiary alicyclic amines) is 1. The predicted octanol–water partition coefficient (Wildman–Crippen LogP) is 2.59. The normalized spacial score (nSPS) is 16.1. The first-order valence-electron chi connectivity index (χ1n) is 9.31. The second-order valence-electron chi connectivity index (χ2n) is 6.68. The van der Waals surface area contributed by atoms with E-state index in [9.17, 15) is 14.4 Å². The first-order chi connectivity index (χ1) is 12.6. The van der Waals surface area contributed by atoms with Crippen LogP contribution in [0, 0.1) is 0 Å². The number of nitrogens with one attached hydrogen (secondary N) is 1. The second-order valence-corrected chi connectivity index (χ2v) is 6.68. The average molecular weight is 360 g/mol. The van der Waals surface area contributed by atoms with Gasteiger partial charge in [0.05, 0.1) is 12.5 Å². The van der Waals surface area contributed by atoms with E-state index in [0.29, 0.717) is 0 Å². The zero-order valence-corrected chi connectivity index (χ0v) is 15.4. The highest BCUT2D eigenvalue weighted by molar-refractivity contribution is 5.81. The number of carbonyl (C=O) groups excluding carboxylic acids is 3. The quantitative estimate of drug-likeness (QED) is 0.791. The maximum Gasteiger partial charge on any atom is 0.308 e. The molecule has 2 rings (SSSR count). The van der Waals surface area contributed by atoms with Crippen molar-refractivity contribution in [1.29, 1.82) is 0 Å². The predicted molar refractivity (Wildman–Crippen MR) is 98.2 cm³/mol. The number of hydrogen-bond donors (Lipinski definition) is 1. The Morgan fingerprint density at radius 3 is 2.27 bits per heavy atom. The van der Waals surface area contributed by atoms with Gasteiger partial charge in [0.1, 0.15) is 0 Å². The Labute approximate surface area is 154 Å². The van der Waals surface area contributed by atoms with Crippen LogP contribution in [-0.4, -0.2) is 42.4 Å². The molecular formula is C20H28N2O4. The van der Waals surface area contributed by atoms with Crippen LogP contribution in [0.3, 0.4) is 0 Å². The molecule has 1 saturated heterocycles. The maximum absolute atomic E-state index is 12.3. The number of amides is 2. The van der Waals surface area contributed by atoms with Crippen LogP contribution >= 0.6 is 0 Å². The molecule has 2 amide bonds. The van der Waals surface area contributed by atoms with Gasteiger partial charge in [0.2, 0.25) is 5.91 Å². The van der Waals surface area contributed by atoms with E-state index in [0.717, 1.165) is 44.3 Å². The Hall–Kier alpha value is -2.37. The Morgan fingerprint density at radius 2 is 1.65 bits per heavy atom. The topological polar surface area (TPSA) is 75.7 Å². The molecule has 0 spiro atoms. The SMILES string of the molecule is CC(=O)N[C@H](CC(=O)OCC(=O)N1CCCCCCC1)c1ccccc1. The third kappa shape index (κ3) is 6.86. The Bertz CT molecular complexity index is 595. The van der Waals surface area contributed by atoms with E-state index in [1.165, 1.54) is 13.3 Å². The van der Waals surface area contributed by atoms with E-state index in [1.54, 1.807) is 4.90 Å². The third-order valence-corrected chi connectivity index (χ3v) is 4.52. The molecule has 142 valence electrons. The molecule has 0 radical (unpaired) electrons. The summed E-state index contributed by atoms with van der Waals surface area (Å²) in [7, 11) is 0. The van der Waals surface area contributed by atoms with Crippen LogP contribution in [0.5, 0.6) is 0 Å². The molecule has 1 aliphatic heterocycles. The van der Waals surface area contributed by atoms with Gasteiger partial charge in [-0.15, -0.1) is 0 Å². The molecule has 26 heavy (non-hydrogen) atoms. The van der Waals surface area contributed by atoms with E-state index in [4.69, 9.17) is 4.74 Å². The van der Waals surface area contributed by atoms with Crippen LogP contribution in [0.4, 0.5) is 0 Å². The summed E-state index contributed by atoms with van der Waals surface area (Å²) in [5.41, 5.74) is 0.828. The van der Waals surface area contributed by atoms with Crippen molar-refractivity contribution >= 4 is 17.8 Å². The van der Waals surface area contributed by atoms with E-state index < -0.39 is 12.0 Å². The first kappa shape index (κ1) is 19.9. The van der Waals surface area contributed by atoms with Crippen molar-refractivity contribution in [3.63, 3.8) is 0 Å². The highest BCUT2D eigenvalue weighted by Gasteiger charge is 2.20. The number of hydrogen-bond acceptors (Lipinski definition) is 4. The minimum absolute atomic E-state index is 0.00310. The molecule has 6 heteroatoms. The lowest BCUT2D eigenvalue weighted by atomic mass is 10.0. The van der Waals surface area contributed by atoms with Crippen molar-refractivity contribution in [2.75, 3.05) is 19.7 Å². The van der Waals surface area contributed by atoms with Gasteiger partial charge in [-0.05, 0) is 18.4 Å². The molecule has 0 unspecified atom stereocenters. The lowest BCUT2D eigenvalue weighted by molar-refractivity contribution is -0.152. The summed E-state index contributed by atoms with van der Waals surface area (Å²) in [6.45, 7) is 2.64. The minimum atomic E-state index is -0.493. The number of rotatable bonds is 6. The van der Waals surface area contributed by atoms with Crippen LogP contribution in [0.2, 0.25) is 0 Å². The number of benzene rings is 1. The van der Waals surface area contributed by atoms with Crippen molar-refractivity contribution in [3.05, 3.63) is 35.9 Å². The van der Waals surface area contributed by atoms with Gasteiger partial charge in [0, 0.05) is 20.0 Å². The summed E-state index contributed by atoms with van der Waals surface area (Å²) >= 11 is 0. The number of ether oxygens (including phenoxy) is 1. The van der Waals surface area contributed by atoms with Crippen LogP contribution in [-0.2, 0) is 19.1 Å². The lowest BCUT2D eigenvalue weighted by Crippen LogP contribution is -2.37. The average Bonchev–Trinajstić information content (AvgIpc) is 2.59. The standard InChI is InChI=1S/C20H28N2O4/c1-16(23)21-18(17-10-6-5-7-11-17)14-20(25)26-15-19(24)22-12-8-3-2-4-9-13-22/h5-7,10-11,18H,2-4,8-9,12-15H2,1H3,(H,21,23)/t18-/m1/s1. The van der Waals surface area contributed by atoms with Gasteiger partial charge in [0.15, 0.2) is 6.61 Å². The lowest BCUT2D eigenvalue weighted by Gasteiger charge is -2.24. The Balaban J connectivity index is 1.85. The van der Waals surface area contributed by atoms with Crippen LogP contribution in [0.15, 0.2) is 30.3 Å². The summed E-state index contributed by atoms with van der Waals surface area (Å²) in [5, 5.41) is 2.76. The highest BCUT2D eigenvalue weighted by Crippen LogP contribution is 2.17. The van der Waals surface area contributed by atoms with Gasteiger partial charge in [-0.1, -0.05) is 49.6 Å². The fraction of sp³-hybridized carbons (Fsp3) is 0.550. The van der Waals surface area contributed by atoms with E-state index >= 15 is 0 Å². The van der Waals surface area contributed by atoms with Crippen molar-refractivity contribution in [2.24, 2.45) is 0 Å². The van der Waals surface area contributed by atoms with Gasteiger partial charge in [-0.25, -0.2) is 0 Å². The Morgan fingerprint density at radius 1 is 1.04 bits per heavy atom.